The van der Waals surface area contributed by atoms with Crippen LogP contribution in [0.15, 0.2) is 24.3 Å². The van der Waals surface area contributed by atoms with Crippen molar-refractivity contribution in [1.29, 1.82) is 0 Å². The molecule has 1 aliphatic rings. The first kappa shape index (κ1) is 11.9. The molecule has 0 aromatic heterocycles. The molecule has 1 aliphatic carbocycles. The molecule has 4 heteroatoms. The third kappa shape index (κ3) is 4.07. The molecule has 0 atom stereocenters. The average Bonchev–Trinajstić information content (AvgIpc) is 3.12. The van der Waals surface area contributed by atoms with Crippen LogP contribution >= 0.6 is 0 Å². The number of carbonyl (C=O) groups is 1. The van der Waals surface area contributed by atoms with Gasteiger partial charge < -0.3 is 15.2 Å². The Hall–Kier alpha value is -1.55. The summed E-state index contributed by atoms with van der Waals surface area (Å²) >= 11 is 0. The molecule has 1 saturated carbocycles. The maximum atomic E-state index is 11.4. The summed E-state index contributed by atoms with van der Waals surface area (Å²) < 4.78 is 5.36. The Morgan fingerprint density at radius 2 is 2.06 bits per heavy atom. The largest absolute Gasteiger partial charge is 0.484 e. The van der Waals surface area contributed by atoms with Crippen LogP contribution in [0, 0.1) is 0 Å². The second-order valence-electron chi connectivity index (χ2n) is 4.25. The van der Waals surface area contributed by atoms with E-state index in [0.717, 1.165) is 18.4 Å². The molecule has 1 fully saturated rings. The normalized spacial score (nSPS) is 14.4. The summed E-state index contributed by atoms with van der Waals surface area (Å²) in [5.74, 6) is 0.615. The molecule has 0 unspecified atom stereocenters. The van der Waals surface area contributed by atoms with Gasteiger partial charge in [-0.1, -0.05) is 12.1 Å². The molecule has 0 heterocycles. The molecule has 17 heavy (non-hydrogen) atoms. The summed E-state index contributed by atoms with van der Waals surface area (Å²) in [5.41, 5.74) is 1.06. The first-order valence-electron chi connectivity index (χ1n) is 5.90. The Morgan fingerprint density at radius 1 is 1.35 bits per heavy atom. The fourth-order valence-electron chi connectivity index (χ4n) is 1.53. The van der Waals surface area contributed by atoms with Crippen molar-refractivity contribution < 1.29 is 14.6 Å². The van der Waals surface area contributed by atoms with Crippen LogP contribution in [-0.2, 0) is 11.2 Å². The van der Waals surface area contributed by atoms with E-state index in [0.29, 0.717) is 18.2 Å². The van der Waals surface area contributed by atoms with Crippen LogP contribution in [0.4, 0.5) is 0 Å². The third-order valence-electron chi connectivity index (χ3n) is 2.64. The number of benzene rings is 1. The number of hydrogen-bond donors (Lipinski definition) is 2. The first-order valence-corrected chi connectivity index (χ1v) is 5.90. The fraction of sp³-hybridized carbons (Fsp3) is 0.462. The predicted octanol–water partition coefficient (Wildman–Crippen LogP) is 0.879. The van der Waals surface area contributed by atoms with E-state index in [9.17, 15) is 4.79 Å². The molecule has 0 spiro atoms. The Balaban J connectivity index is 1.75. The number of carbonyl (C=O) groups excluding carboxylic acids is 1. The van der Waals surface area contributed by atoms with Crippen LogP contribution < -0.4 is 10.1 Å². The summed E-state index contributed by atoms with van der Waals surface area (Å²) in [4.78, 5) is 11.4. The summed E-state index contributed by atoms with van der Waals surface area (Å²) in [6.07, 6.45) is 2.81. The lowest BCUT2D eigenvalue weighted by molar-refractivity contribution is -0.123. The van der Waals surface area contributed by atoms with Crippen LogP contribution in [0.1, 0.15) is 18.4 Å². The van der Waals surface area contributed by atoms with Crippen molar-refractivity contribution >= 4 is 5.91 Å². The van der Waals surface area contributed by atoms with E-state index < -0.39 is 0 Å². The van der Waals surface area contributed by atoms with Crippen molar-refractivity contribution in [2.45, 2.75) is 25.3 Å². The van der Waals surface area contributed by atoms with Crippen LogP contribution in [-0.4, -0.2) is 30.3 Å². The van der Waals surface area contributed by atoms with E-state index in [4.69, 9.17) is 9.84 Å². The topological polar surface area (TPSA) is 58.6 Å². The van der Waals surface area contributed by atoms with Crippen molar-refractivity contribution in [3.63, 3.8) is 0 Å². The maximum Gasteiger partial charge on any atom is 0.258 e. The van der Waals surface area contributed by atoms with Gasteiger partial charge in [-0.15, -0.1) is 0 Å². The Kier molecular flexibility index (Phi) is 3.98. The lowest BCUT2D eigenvalue weighted by Crippen LogP contribution is -2.30. The lowest BCUT2D eigenvalue weighted by Gasteiger charge is -2.07. The first-order chi connectivity index (χ1) is 8.28. The van der Waals surface area contributed by atoms with Crippen LogP contribution in [0.2, 0.25) is 0 Å². The van der Waals surface area contributed by atoms with Gasteiger partial charge in [-0.2, -0.15) is 0 Å². The molecule has 92 valence electrons. The molecular formula is C13H17NO3. The fourth-order valence-corrected chi connectivity index (χ4v) is 1.53. The summed E-state index contributed by atoms with van der Waals surface area (Å²) in [6.45, 7) is 0.208. The third-order valence-corrected chi connectivity index (χ3v) is 2.64. The van der Waals surface area contributed by atoms with Gasteiger partial charge >= 0.3 is 0 Å². The lowest BCUT2D eigenvalue weighted by atomic mass is 10.1. The Bertz CT molecular complexity index is 371. The van der Waals surface area contributed by atoms with Gasteiger partial charge in [0.25, 0.3) is 5.91 Å². The summed E-state index contributed by atoms with van der Waals surface area (Å²) in [7, 11) is 0. The molecule has 2 N–H and O–H groups in total. The van der Waals surface area contributed by atoms with E-state index in [1.165, 1.54) is 0 Å². The van der Waals surface area contributed by atoms with Gasteiger partial charge in [0.15, 0.2) is 6.61 Å². The number of aliphatic hydroxyl groups is 1. The van der Waals surface area contributed by atoms with E-state index in [-0.39, 0.29) is 19.1 Å². The molecule has 2 rings (SSSR count). The molecular weight excluding hydrogens is 218 g/mol. The van der Waals surface area contributed by atoms with Crippen molar-refractivity contribution in [3.8, 4) is 5.75 Å². The highest BCUT2D eigenvalue weighted by atomic mass is 16.5. The minimum atomic E-state index is -0.0630. The summed E-state index contributed by atoms with van der Waals surface area (Å²) in [5, 5.41) is 11.6. The molecule has 0 saturated heterocycles. The molecule has 4 nitrogen and oxygen atoms in total. The van der Waals surface area contributed by atoms with Crippen molar-refractivity contribution in [1.82, 2.24) is 5.32 Å². The van der Waals surface area contributed by atoms with Gasteiger partial charge in [0.05, 0.1) is 0 Å². The predicted molar refractivity (Wildman–Crippen MR) is 63.9 cm³/mol. The van der Waals surface area contributed by atoms with Crippen molar-refractivity contribution in [2.24, 2.45) is 0 Å². The molecule has 1 amide bonds. The number of rotatable bonds is 6. The van der Waals surface area contributed by atoms with E-state index in [1.807, 2.05) is 24.3 Å². The number of amides is 1. The van der Waals surface area contributed by atoms with Gasteiger partial charge in [-0.3, -0.25) is 4.79 Å². The zero-order valence-electron chi connectivity index (χ0n) is 9.69. The van der Waals surface area contributed by atoms with E-state index in [2.05, 4.69) is 5.32 Å². The van der Waals surface area contributed by atoms with Gasteiger partial charge in [-0.25, -0.2) is 0 Å². The van der Waals surface area contributed by atoms with Gasteiger partial charge in [0, 0.05) is 12.6 Å². The minimum Gasteiger partial charge on any atom is -0.484 e. The molecule has 0 bridgehead atoms. The Morgan fingerprint density at radius 3 is 2.65 bits per heavy atom. The van der Waals surface area contributed by atoms with Crippen molar-refractivity contribution in [3.05, 3.63) is 29.8 Å². The average molecular weight is 235 g/mol. The maximum absolute atomic E-state index is 11.4. The highest BCUT2D eigenvalue weighted by Gasteiger charge is 2.23. The number of hydrogen-bond acceptors (Lipinski definition) is 3. The molecule has 1 aromatic rings. The molecule has 1 aromatic carbocycles. The highest BCUT2D eigenvalue weighted by Crippen LogP contribution is 2.18. The number of aliphatic hydroxyl groups excluding tert-OH is 1. The second-order valence-corrected chi connectivity index (χ2v) is 4.25. The van der Waals surface area contributed by atoms with Crippen molar-refractivity contribution in [2.75, 3.05) is 13.2 Å². The highest BCUT2D eigenvalue weighted by molar-refractivity contribution is 5.78. The SMILES string of the molecule is O=C(COc1ccc(CCO)cc1)NC1CC1. The Labute approximate surface area is 101 Å². The number of nitrogens with one attached hydrogen (secondary N) is 1. The number of ether oxygens (including phenoxy) is 1. The standard InChI is InChI=1S/C13H17NO3/c15-8-7-10-1-5-12(6-2-10)17-9-13(16)14-11-3-4-11/h1-2,5-6,11,15H,3-4,7-9H2,(H,14,16). The van der Waals surface area contributed by atoms with Crippen LogP contribution in [0.25, 0.3) is 0 Å². The van der Waals surface area contributed by atoms with E-state index >= 15 is 0 Å². The summed E-state index contributed by atoms with van der Waals surface area (Å²) in [6, 6.07) is 7.79. The van der Waals surface area contributed by atoms with E-state index in [1.54, 1.807) is 0 Å². The second kappa shape index (κ2) is 5.68. The zero-order chi connectivity index (χ0) is 12.1. The monoisotopic (exact) mass is 235 g/mol. The van der Waals surface area contributed by atoms with Gasteiger partial charge in [0.2, 0.25) is 0 Å². The zero-order valence-corrected chi connectivity index (χ0v) is 9.69. The smallest absolute Gasteiger partial charge is 0.258 e. The minimum absolute atomic E-state index is 0.0630. The quantitative estimate of drug-likeness (QED) is 0.769. The van der Waals surface area contributed by atoms with Gasteiger partial charge in [0.1, 0.15) is 5.75 Å². The van der Waals surface area contributed by atoms with Crippen LogP contribution in [0.3, 0.4) is 0 Å². The molecule has 0 aliphatic heterocycles. The van der Waals surface area contributed by atoms with Crippen LogP contribution in [0.5, 0.6) is 5.75 Å². The van der Waals surface area contributed by atoms with Gasteiger partial charge in [-0.05, 0) is 37.0 Å². The molecule has 0 radical (unpaired) electrons.